The van der Waals surface area contributed by atoms with E-state index in [4.69, 9.17) is 10.4 Å². The largest absolute Gasteiger partial charge is 0.480 e. The Morgan fingerprint density at radius 2 is 2.35 bits per heavy atom. The molecule has 2 aromatic rings. The van der Waals surface area contributed by atoms with Crippen LogP contribution in [-0.2, 0) is 11.3 Å². The molecular weight excluding hydrogens is 220 g/mol. The van der Waals surface area contributed by atoms with E-state index in [0.29, 0.717) is 17.0 Å². The van der Waals surface area contributed by atoms with E-state index in [-0.39, 0.29) is 6.54 Å². The lowest BCUT2D eigenvalue weighted by molar-refractivity contribution is -0.137. The number of carboxylic acid groups (broad SMARTS) is 1. The van der Waals surface area contributed by atoms with Crippen molar-refractivity contribution in [2.45, 2.75) is 6.54 Å². The van der Waals surface area contributed by atoms with Crippen molar-refractivity contribution >= 4 is 5.97 Å². The summed E-state index contributed by atoms with van der Waals surface area (Å²) in [5.74, 6) is -1.01. The monoisotopic (exact) mass is 228 g/mol. The second-order valence-electron chi connectivity index (χ2n) is 3.31. The summed E-state index contributed by atoms with van der Waals surface area (Å²) in [6.45, 7) is -0.276. The Balaban J connectivity index is 2.44. The molecule has 0 aliphatic rings. The van der Waals surface area contributed by atoms with Crippen molar-refractivity contribution in [3.8, 4) is 17.5 Å². The minimum absolute atomic E-state index is 0.276. The van der Waals surface area contributed by atoms with Gasteiger partial charge in [0.15, 0.2) is 0 Å². The maximum atomic E-state index is 10.6. The number of aromatic nitrogens is 3. The van der Waals surface area contributed by atoms with E-state index in [9.17, 15) is 4.79 Å². The number of hydrogen-bond acceptors (Lipinski definition) is 4. The van der Waals surface area contributed by atoms with Crippen molar-refractivity contribution in [2.24, 2.45) is 0 Å². The Morgan fingerprint density at radius 1 is 1.53 bits per heavy atom. The lowest BCUT2D eigenvalue weighted by Gasteiger charge is -1.95. The zero-order chi connectivity index (χ0) is 12.3. The van der Waals surface area contributed by atoms with E-state index in [1.165, 1.54) is 10.9 Å². The summed E-state index contributed by atoms with van der Waals surface area (Å²) in [6, 6.07) is 7.22. The second-order valence-corrected chi connectivity index (χ2v) is 3.31. The third kappa shape index (κ3) is 2.29. The van der Waals surface area contributed by atoms with Crippen LogP contribution in [-0.4, -0.2) is 25.8 Å². The summed E-state index contributed by atoms with van der Waals surface area (Å²) in [5, 5.41) is 21.6. The van der Waals surface area contributed by atoms with Gasteiger partial charge in [0.05, 0.1) is 11.3 Å². The predicted molar refractivity (Wildman–Crippen MR) is 57.8 cm³/mol. The molecule has 0 bridgehead atoms. The zero-order valence-electron chi connectivity index (χ0n) is 8.74. The Labute approximate surface area is 96.8 Å². The molecule has 0 saturated heterocycles. The van der Waals surface area contributed by atoms with Gasteiger partial charge in [-0.25, -0.2) is 0 Å². The molecule has 2 aromatic heterocycles. The van der Waals surface area contributed by atoms with Crippen molar-refractivity contribution < 1.29 is 9.90 Å². The first-order valence-electron chi connectivity index (χ1n) is 4.81. The van der Waals surface area contributed by atoms with Crippen LogP contribution in [0.5, 0.6) is 0 Å². The molecule has 0 aliphatic heterocycles. The van der Waals surface area contributed by atoms with Crippen LogP contribution in [0.25, 0.3) is 11.4 Å². The molecule has 17 heavy (non-hydrogen) atoms. The minimum atomic E-state index is -1.01. The Bertz CT molecular complexity index is 583. The fourth-order valence-electron chi connectivity index (χ4n) is 1.41. The average molecular weight is 228 g/mol. The summed E-state index contributed by atoms with van der Waals surface area (Å²) in [5.41, 5.74) is 1.26. The van der Waals surface area contributed by atoms with Gasteiger partial charge < -0.3 is 5.11 Å². The van der Waals surface area contributed by atoms with E-state index in [1.54, 1.807) is 24.4 Å². The van der Waals surface area contributed by atoms with Crippen molar-refractivity contribution in [1.29, 1.82) is 5.26 Å². The highest BCUT2D eigenvalue weighted by molar-refractivity contribution is 5.67. The standard InChI is InChI=1S/C11H8N4O2/c12-5-8-6-15(7-10(16)17)14-11(8)9-3-1-2-4-13-9/h1-4,6H,7H2,(H,16,17). The van der Waals surface area contributed by atoms with Crippen molar-refractivity contribution in [1.82, 2.24) is 14.8 Å². The van der Waals surface area contributed by atoms with Gasteiger partial charge in [-0.2, -0.15) is 10.4 Å². The summed E-state index contributed by atoms with van der Waals surface area (Å²) in [6.07, 6.45) is 2.99. The molecule has 1 N–H and O–H groups in total. The lowest BCUT2D eigenvalue weighted by atomic mass is 10.2. The number of nitrogens with zero attached hydrogens (tertiary/aromatic N) is 4. The zero-order valence-corrected chi connectivity index (χ0v) is 8.74. The summed E-state index contributed by atoms with van der Waals surface area (Å²) in [7, 11) is 0. The quantitative estimate of drug-likeness (QED) is 0.842. The molecule has 2 rings (SSSR count). The number of carboxylic acids is 1. The molecule has 84 valence electrons. The average Bonchev–Trinajstić information content (AvgIpc) is 2.72. The van der Waals surface area contributed by atoms with Gasteiger partial charge in [0, 0.05) is 12.4 Å². The number of aliphatic carboxylic acids is 1. The maximum absolute atomic E-state index is 10.6. The van der Waals surface area contributed by atoms with E-state index >= 15 is 0 Å². The molecule has 0 radical (unpaired) electrons. The highest BCUT2D eigenvalue weighted by Crippen LogP contribution is 2.18. The second kappa shape index (κ2) is 4.45. The fraction of sp³-hybridized carbons (Fsp3) is 0.0909. The normalized spacial score (nSPS) is 9.82. The first kappa shape index (κ1) is 10.8. The molecule has 0 unspecified atom stereocenters. The van der Waals surface area contributed by atoms with Crippen molar-refractivity contribution in [3.63, 3.8) is 0 Å². The van der Waals surface area contributed by atoms with Gasteiger partial charge in [-0.3, -0.25) is 14.5 Å². The van der Waals surface area contributed by atoms with E-state index in [2.05, 4.69) is 10.1 Å². The van der Waals surface area contributed by atoms with Crippen molar-refractivity contribution in [2.75, 3.05) is 0 Å². The Hall–Kier alpha value is -2.68. The number of rotatable bonds is 3. The van der Waals surface area contributed by atoms with Crippen LogP contribution in [0, 0.1) is 11.3 Å². The topological polar surface area (TPSA) is 91.8 Å². The van der Waals surface area contributed by atoms with Crippen LogP contribution in [0.3, 0.4) is 0 Å². The van der Waals surface area contributed by atoms with E-state index in [1.807, 2.05) is 6.07 Å². The molecule has 2 heterocycles. The van der Waals surface area contributed by atoms with Gasteiger partial charge in [-0.1, -0.05) is 6.07 Å². The van der Waals surface area contributed by atoms with Crippen LogP contribution < -0.4 is 0 Å². The summed E-state index contributed by atoms with van der Waals surface area (Å²) < 4.78 is 1.21. The van der Waals surface area contributed by atoms with Gasteiger partial charge in [-0.05, 0) is 12.1 Å². The molecule has 0 aliphatic carbocycles. The third-order valence-electron chi connectivity index (χ3n) is 2.09. The molecule has 0 fully saturated rings. The first-order chi connectivity index (χ1) is 8.20. The fourth-order valence-corrected chi connectivity index (χ4v) is 1.41. The Morgan fingerprint density at radius 3 is 2.94 bits per heavy atom. The number of nitriles is 1. The van der Waals surface area contributed by atoms with Gasteiger partial charge >= 0.3 is 5.97 Å². The highest BCUT2D eigenvalue weighted by Gasteiger charge is 2.12. The van der Waals surface area contributed by atoms with Crippen LogP contribution in [0.4, 0.5) is 0 Å². The molecule has 0 aromatic carbocycles. The van der Waals surface area contributed by atoms with Crippen LogP contribution in [0.1, 0.15) is 5.56 Å². The van der Waals surface area contributed by atoms with Crippen molar-refractivity contribution in [3.05, 3.63) is 36.2 Å². The minimum Gasteiger partial charge on any atom is -0.480 e. The smallest absolute Gasteiger partial charge is 0.325 e. The lowest BCUT2D eigenvalue weighted by Crippen LogP contribution is -2.08. The summed E-state index contributed by atoms with van der Waals surface area (Å²) in [4.78, 5) is 14.6. The molecule has 6 nitrogen and oxygen atoms in total. The van der Waals surface area contributed by atoms with Crippen LogP contribution in [0.2, 0.25) is 0 Å². The van der Waals surface area contributed by atoms with E-state index < -0.39 is 5.97 Å². The molecule has 0 spiro atoms. The first-order valence-corrected chi connectivity index (χ1v) is 4.81. The highest BCUT2D eigenvalue weighted by atomic mass is 16.4. The SMILES string of the molecule is N#Cc1cn(CC(=O)O)nc1-c1ccccn1. The van der Waals surface area contributed by atoms with Gasteiger partial charge in [0.25, 0.3) is 0 Å². The van der Waals surface area contributed by atoms with E-state index in [0.717, 1.165) is 0 Å². The van der Waals surface area contributed by atoms with Crippen LogP contribution >= 0.6 is 0 Å². The maximum Gasteiger partial charge on any atom is 0.325 e. The van der Waals surface area contributed by atoms with Gasteiger partial charge in [-0.15, -0.1) is 0 Å². The Kier molecular flexibility index (Phi) is 2.83. The molecule has 0 amide bonds. The number of pyridine rings is 1. The van der Waals surface area contributed by atoms with Gasteiger partial charge in [0.1, 0.15) is 18.3 Å². The third-order valence-corrected chi connectivity index (χ3v) is 2.09. The molecule has 6 heteroatoms. The molecule has 0 atom stereocenters. The number of hydrogen-bond donors (Lipinski definition) is 1. The van der Waals surface area contributed by atoms with Crippen LogP contribution in [0.15, 0.2) is 30.6 Å². The molecule has 0 saturated carbocycles. The van der Waals surface area contributed by atoms with Gasteiger partial charge in [0.2, 0.25) is 0 Å². The predicted octanol–water partition coefficient (Wildman–Crippen LogP) is 0.901. The molecular formula is C11H8N4O2. The number of carbonyl (C=O) groups is 1. The summed E-state index contributed by atoms with van der Waals surface area (Å²) >= 11 is 0.